The van der Waals surface area contributed by atoms with Crippen molar-refractivity contribution in [3.05, 3.63) is 52.2 Å². The molecule has 0 fully saturated rings. The van der Waals surface area contributed by atoms with E-state index >= 15 is 0 Å². The fourth-order valence-corrected chi connectivity index (χ4v) is 3.91. The van der Waals surface area contributed by atoms with E-state index in [9.17, 15) is 13.2 Å². The first kappa shape index (κ1) is 15.9. The summed E-state index contributed by atoms with van der Waals surface area (Å²) in [6, 6.07) is 5.13. The molecule has 1 aliphatic rings. The van der Waals surface area contributed by atoms with Crippen molar-refractivity contribution in [1.82, 2.24) is 19.1 Å². The second kappa shape index (κ2) is 6.29. The van der Waals surface area contributed by atoms with Crippen molar-refractivity contribution in [2.75, 3.05) is 6.26 Å². The van der Waals surface area contributed by atoms with Gasteiger partial charge in [-0.2, -0.15) is 5.10 Å². The minimum Gasteiger partial charge on any atom is -0.311 e. The summed E-state index contributed by atoms with van der Waals surface area (Å²) < 4.78 is 29.0. The van der Waals surface area contributed by atoms with Crippen LogP contribution in [0.3, 0.4) is 0 Å². The molecule has 7 nitrogen and oxygen atoms in total. The summed E-state index contributed by atoms with van der Waals surface area (Å²) >= 11 is 0. The average molecular weight is 336 g/mol. The van der Waals surface area contributed by atoms with Crippen molar-refractivity contribution < 1.29 is 8.42 Å². The Bertz CT molecular complexity index is 840. The lowest BCUT2D eigenvalue weighted by molar-refractivity contribution is 0.465. The van der Waals surface area contributed by atoms with Gasteiger partial charge in [0, 0.05) is 36.7 Å². The first-order chi connectivity index (χ1) is 10.9. The van der Waals surface area contributed by atoms with Crippen LogP contribution in [-0.2, 0) is 36.0 Å². The Kier molecular flexibility index (Phi) is 4.36. The smallest absolute Gasteiger partial charge is 0.250 e. The Hall–Kier alpha value is -1.93. The van der Waals surface area contributed by atoms with E-state index in [1.807, 2.05) is 18.3 Å². The number of aryl methyl sites for hydroxylation is 1. The number of hydrogen-bond donors (Lipinski definition) is 1. The number of pyridine rings is 1. The third-order valence-electron chi connectivity index (χ3n) is 4.08. The third-order valence-corrected chi connectivity index (χ3v) is 4.84. The van der Waals surface area contributed by atoms with E-state index in [1.54, 1.807) is 21.5 Å². The molecule has 8 heteroatoms. The van der Waals surface area contributed by atoms with Gasteiger partial charge in [0.05, 0.1) is 12.8 Å². The molecule has 124 valence electrons. The van der Waals surface area contributed by atoms with Crippen molar-refractivity contribution in [2.24, 2.45) is 0 Å². The third kappa shape index (κ3) is 3.89. The van der Waals surface area contributed by atoms with E-state index in [4.69, 9.17) is 0 Å². The lowest BCUT2D eigenvalue weighted by atomic mass is 9.92. The van der Waals surface area contributed by atoms with Crippen LogP contribution in [0, 0.1) is 0 Å². The summed E-state index contributed by atoms with van der Waals surface area (Å²) in [5.41, 5.74) is 2.03. The van der Waals surface area contributed by atoms with E-state index in [-0.39, 0.29) is 11.6 Å². The van der Waals surface area contributed by atoms with Gasteiger partial charge in [-0.3, -0.25) is 9.48 Å². The minimum atomic E-state index is -3.21. The SMILES string of the molecule is CS(=O)(=O)NC1CCc2c(ccc(=O)n2CCn2cccn2)C1. The summed E-state index contributed by atoms with van der Waals surface area (Å²) in [7, 11) is -3.21. The number of nitrogens with zero attached hydrogens (tertiary/aromatic N) is 3. The number of hydrogen-bond acceptors (Lipinski definition) is 4. The van der Waals surface area contributed by atoms with Crippen LogP contribution < -0.4 is 10.3 Å². The van der Waals surface area contributed by atoms with Gasteiger partial charge in [0.1, 0.15) is 0 Å². The molecule has 3 rings (SSSR count). The standard InChI is InChI=1S/C15H20N4O3S/c1-23(21,22)17-13-4-5-14-12(11-13)3-6-15(20)19(14)10-9-18-8-2-7-16-18/h2-3,6-8,13,17H,4-5,9-11H2,1H3. The maximum Gasteiger partial charge on any atom is 0.250 e. The van der Waals surface area contributed by atoms with Gasteiger partial charge in [-0.15, -0.1) is 0 Å². The molecule has 0 radical (unpaired) electrons. The molecule has 1 N–H and O–H groups in total. The molecule has 1 unspecified atom stereocenters. The zero-order chi connectivity index (χ0) is 16.4. The van der Waals surface area contributed by atoms with Crippen molar-refractivity contribution >= 4 is 10.0 Å². The number of fused-ring (bicyclic) bond motifs is 1. The molecule has 0 bridgehead atoms. The first-order valence-electron chi connectivity index (χ1n) is 7.59. The van der Waals surface area contributed by atoms with Crippen molar-refractivity contribution in [3.63, 3.8) is 0 Å². The fourth-order valence-electron chi connectivity index (χ4n) is 3.11. The van der Waals surface area contributed by atoms with Crippen LogP contribution in [0.5, 0.6) is 0 Å². The molecule has 0 aromatic carbocycles. The minimum absolute atomic E-state index is 0.0228. The molecule has 23 heavy (non-hydrogen) atoms. The van der Waals surface area contributed by atoms with Crippen LogP contribution >= 0.6 is 0 Å². The molecule has 2 aromatic rings. The molecule has 0 saturated carbocycles. The Morgan fingerprint density at radius 3 is 2.87 bits per heavy atom. The van der Waals surface area contributed by atoms with E-state index in [2.05, 4.69) is 9.82 Å². The van der Waals surface area contributed by atoms with Gasteiger partial charge in [-0.25, -0.2) is 13.1 Å². The lowest BCUT2D eigenvalue weighted by Gasteiger charge is -2.27. The lowest BCUT2D eigenvalue weighted by Crippen LogP contribution is -2.40. The zero-order valence-electron chi connectivity index (χ0n) is 13.0. The summed E-state index contributed by atoms with van der Waals surface area (Å²) in [6.07, 6.45) is 6.76. The van der Waals surface area contributed by atoms with Gasteiger partial charge in [-0.05, 0) is 30.9 Å². The predicted molar refractivity (Wildman–Crippen MR) is 86.7 cm³/mol. The van der Waals surface area contributed by atoms with Gasteiger partial charge >= 0.3 is 0 Å². The number of sulfonamides is 1. The number of aromatic nitrogens is 3. The normalized spacial score (nSPS) is 17.9. The van der Waals surface area contributed by atoms with E-state index in [0.29, 0.717) is 32.4 Å². The van der Waals surface area contributed by atoms with Gasteiger partial charge in [0.2, 0.25) is 10.0 Å². The van der Waals surface area contributed by atoms with Crippen LogP contribution in [0.4, 0.5) is 0 Å². The van der Waals surface area contributed by atoms with Crippen molar-refractivity contribution in [3.8, 4) is 0 Å². The van der Waals surface area contributed by atoms with Crippen LogP contribution in [0.1, 0.15) is 17.7 Å². The van der Waals surface area contributed by atoms with Gasteiger partial charge in [0.15, 0.2) is 0 Å². The summed E-state index contributed by atoms with van der Waals surface area (Å²) in [5.74, 6) is 0. The molecule has 0 saturated heterocycles. The monoisotopic (exact) mass is 336 g/mol. The van der Waals surface area contributed by atoms with Gasteiger partial charge in [-0.1, -0.05) is 6.07 Å². The molecular formula is C15H20N4O3S. The molecule has 0 amide bonds. The van der Waals surface area contributed by atoms with Gasteiger partial charge in [0.25, 0.3) is 5.56 Å². The zero-order valence-corrected chi connectivity index (χ0v) is 13.8. The van der Waals surface area contributed by atoms with Crippen LogP contribution in [0.2, 0.25) is 0 Å². The van der Waals surface area contributed by atoms with E-state index in [0.717, 1.165) is 11.3 Å². The molecule has 1 aliphatic carbocycles. The molecule has 2 aromatic heterocycles. The fraction of sp³-hybridized carbons (Fsp3) is 0.467. The summed E-state index contributed by atoms with van der Waals surface area (Å²) in [5, 5.41) is 4.15. The second-order valence-electron chi connectivity index (χ2n) is 5.89. The van der Waals surface area contributed by atoms with Crippen LogP contribution in [-0.4, -0.2) is 35.1 Å². The van der Waals surface area contributed by atoms with E-state index < -0.39 is 10.0 Å². The topological polar surface area (TPSA) is 86.0 Å². The second-order valence-corrected chi connectivity index (χ2v) is 7.67. The molecule has 0 spiro atoms. The van der Waals surface area contributed by atoms with Gasteiger partial charge < -0.3 is 4.57 Å². The quantitative estimate of drug-likeness (QED) is 0.842. The maximum absolute atomic E-state index is 12.2. The van der Waals surface area contributed by atoms with Crippen LogP contribution in [0.25, 0.3) is 0 Å². The number of nitrogens with one attached hydrogen (secondary N) is 1. The van der Waals surface area contributed by atoms with Crippen molar-refractivity contribution in [1.29, 1.82) is 0 Å². The Labute approximate surface area is 135 Å². The van der Waals surface area contributed by atoms with E-state index in [1.165, 1.54) is 6.26 Å². The Balaban J connectivity index is 1.80. The Morgan fingerprint density at radius 1 is 1.35 bits per heavy atom. The highest BCUT2D eigenvalue weighted by Gasteiger charge is 2.23. The highest BCUT2D eigenvalue weighted by molar-refractivity contribution is 7.88. The highest BCUT2D eigenvalue weighted by atomic mass is 32.2. The summed E-state index contributed by atoms with van der Waals surface area (Å²) in [6.45, 7) is 1.20. The number of rotatable bonds is 5. The highest BCUT2D eigenvalue weighted by Crippen LogP contribution is 2.20. The van der Waals surface area contributed by atoms with Crippen molar-refractivity contribution in [2.45, 2.75) is 38.4 Å². The molecule has 1 atom stereocenters. The predicted octanol–water partition coefficient (Wildman–Crippen LogP) is 0.152. The maximum atomic E-state index is 12.2. The van der Waals surface area contributed by atoms with Crippen LogP contribution in [0.15, 0.2) is 35.4 Å². The largest absolute Gasteiger partial charge is 0.311 e. The first-order valence-corrected chi connectivity index (χ1v) is 9.48. The molecule has 0 aliphatic heterocycles. The Morgan fingerprint density at radius 2 is 2.17 bits per heavy atom. The average Bonchev–Trinajstić information content (AvgIpc) is 2.98. The molecular weight excluding hydrogens is 316 g/mol. The molecule has 2 heterocycles. The summed E-state index contributed by atoms with van der Waals surface area (Å²) in [4.78, 5) is 12.2.